The molecular weight excluding hydrogens is 799 g/mol. The van der Waals surface area contributed by atoms with Gasteiger partial charge in [-0.05, 0) is 0 Å². The van der Waals surface area contributed by atoms with E-state index in [2.05, 4.69) is 41.5 Å². The molecule has 0 aliphatic heterocycles. The van der Waals surface area contributed by atoms with E-state index in [1.54, 1.807) is 23.5 Å². The summed E-state index contributed by atoms with van der Waals surface area (Å²) in [5.41, 5.74) is 0. The van der Waals surface area contributed by atoms with Gasteiger partial charge >= 0.3 is 348 Å². The summed E-state index contributed by atoms with van der Waals surface area (Å²) in [6.07, 6.45) is 35.2. The molecule has 2 atom stereocenters. The van der Waals surface area contributed by atoms with Gasteiger partial charge in [0.05, 0.1) is 0 Å². The Morgan fingerprint density at radius 3 is 1.00 bits per heavy atom. The van der Waals surface area contributed by atoms with E-state index in [0.717, 1.165) is 70.7 Å². The number of carbonyl (C=O) groups excluding carboxylic acids is 2. The van der Waals surface area contributed by atoms with Gasteiger partial charge in [0.15, 0.2) is 0 Å². The molecule has 316 valence electrons. The summed E-state index contributed by atoms with van der Waals surface area (Å²) in [6.45, 7) is 17.7. The molecular formula is C46H92O4S2Sn. The molecule has 0 saturated heterocycles. The van der Waals surface area contributed by atoms with Crippen molar-refractivity contribution in [1.29, 1.82) is 0 Å². The van der Waals surface area contributed by atoms with Crippen LogP contribution in [0.5, 0.6) is 0 Å². The molecule has 0 aliphatic rings. The van der Waals surface area contributed by atoms with Gasteiger partial charge in [-0.25, -0.2) is 0 Å². The minimum atomic E-state index is -4.09. The van der Waals surface area contributed by atoms with Gasteiger partial charge in [0.1, 0.15) is 0 Å². The van der Waals surface area contributed by atoms with Gasteiger partial charge in [0.2, 0.25) is 0 Å². The van der Waals surface area contributed by atoms with E-state index in [-0.39, 0.29) is 22.4 Å². The Hall–Kier alpha value is 0.439. The van der Waals surface area contributed by atoms with Gasteiger partial charge < -0.3 is 0 Å². The van der Waals surface area contributed by atoms with Gasteiger partial charge in [-0.2, -0.15) is 0 Å². The van der Waals surface area contributed by atoms with Crippen molar-refractivity contribution in [2.75, 3.05) is 11.5 Å². The van der Waals surface area contributed by atoms with Crippen molar-refractivity contribution in [3.8, 4) is 0 Å². The molecule has 0 amide bonds. The van der Waals surface area contributed by atoms with E-state index in [0.29, 0.717) is 0 Å². The van der Waals surface area contributed by atoms with E-state index in [9.17, 15) is 9.59 Å². The van der Waals surface area contributed by atoms with Crippen LogP contribution in [-0.4, -0.2) is 53.1 Å². The molecule has 0 spiro atoms. The maximum absolute atomic E-state index is 13.8. The average Bonchev–Trinajstić information content (AvgIpc) is 3.12. The summed E-state index contributed by atoms with van der Waals surface area (Å²) in [5, 5.41) is -0.430. The Morgan fingerprint density at radius 2 is 0.698 bits per heavy atom. The first kappa shape index (κ1) is 53.4. The van der Waals surface area contributed by atoms with Gasteiger partial charge in [0.25, 0.3) is 0 Å². The van der Waals surface area contributed by atoms with Crippen molar-refractivity contribution in [2.24, 2.45) is 11.8 Å². The van der Waals surface area contributed by atoms with Crippen molar-refractivity contribution >= 4 is 54.7 Å². The summed E-state index contributed by atoms with van der Waals surface area (Å²) in [7, 11) is 0. The normalized spacial score (nSPS) is 13.2. The van der Waals surface area contributed by atoms with Crippen LogP contribution in [0.15, 0.2) is 0 Å². The van der Waals surface area contributed by atoms with Crippen LogP contribution in [0.25, 0.3) is 0 Å². The Balaban J connectivity index is 5.52. The number of carbonyl (C=O) groups is 2. The second-order valence-electron chi connectivity index (χ2n) is 17.1. The number of hydrogen-bond acceptors (Lipinski definition) is 6. The van der Waals surface area contributed by atoms with Crippen LogP contribution < -0.4 is 0 Å². The Kier molecular flexibility index (Phi) is 38.3. The van der Waals surface area contributed by atoms with Crippen LogP contribution in [-0.2, 0) is 15.7 Å². The van der Waals surface area contributed by atoms with Crippen molar-refractivity contribution in [1.82, 2.24) is 0 Å². The van der Waals surface area contributed by atoms with Crippen molar-refractivity contribution in [3.63, 3.8) is 0 Å². The van der Waals surface area contributed by atoms with E-state index >= 15 is 0 Å². The predicted octanol–water partition coefficient (Wildman–Crippen LogP) is 16.0. The zero-order valence-corrected chi connectivity index (χ0v) is 41.4. The van der Waals surface area contributed by atoms with Gasteiger partial charge in [-0.3, -0.25) is 0 Å². The fraction of sp³-hybridized carbons (Fsp3) is 0.957. The van der Waals surface area contributed by atoms with Crippen LogP contribution in [0.1, 0.15) is 235 Å². The SMILES string of the molecule is CCCCCCCCCCC[CH2][Sn]([CH2]CCCCCCCCCCC)([O]C(=O)C(C)SCCCCCC(C)C)[O]C(=O)C(C)SCCCCCC(C)C. The summed E-state index contributed by atoms with van der Waals surface area (Å²) in [4.78, 5) is 27.6. The third-order valence-electron chi connectivity index (χ3n) is 10.6. The first-order valence-electron chi connectivity index (χ1n) is 23.3. The minimum absolute atomic E-state index is 0.120. The van der Waals surface area contributed by atoms with E-state index in [1.165, 1.54) is 141 Å². The molecule has 0 heterocycles. The summed E-state index contributed by atoms with van der Waals surface area (Å²) >= 11 is -0.629. The molecule has 53 heavy (non-hydrogen) atoms. The molecule has 0 aromatic heterocycles. The van der Waals surface area contributed by atoms with Crippen LogP contribution in [0.4, 0.5) is 0 Å². The fourth-order valence-corrected chi connectivity index (χ4v) is 18.9. The molecule has 4 nitrogen and oxygen atoms in total. The molecule has 0 saturated carbocycles. The fourth-order valence-electron chi connectivity index (χ4n) is 6.97. The molecule has 0 rings (SSSR count). The van der Waals surface area contributed by atoms with E-state index < -0.39 is 19.2 Å². The average molecular weight is 892 g/mol. The monoisotopic (exact) mass is 893 g/mol. The number of unbranched alkanes of at least 4 members (excludes halogenated alkanes) is 22. The molecule has 7 heteroatoms. The molecule has 2 unspecified atom stereocenters. The third-order valence-corrected chi connectivity index (χ3v) is 22.7. The molecule has 0 aromatic carbocycles. The second kappa shape index (κ2) is 38.0. The summed E-state index contributed by atoms with van der Waals surface area (Å²) in [5.74, 6) is 3.23. The molecule has 0 N–H and O–H groups in total. The first-order valence-corrected chi connectivity index (χ1v) is 31.7. The second-order valence-corrected chi connectivity index (χ2v) is 29.2. The Labute approximate surface area is 346 Å². The zero-order valence-electron chi connectivity index (χ0n) is 36.9. The number of thioether (sulfide) groups is 2. The Bertz CT molecular complexity index is 757. The maximum atomic E-state index is 13.8. The number of hydrogen-bond donors (Lipinski definition) is 0. The third kappa shape index (κ3) is 34.2. The molecule has 0 fully saturated rings. The molecule has 0 bridgehead atoms. The van der Waals surface area contributed by atoms with Crippen LogP contribution in [0.2, 0.25) is 8.87 Å². The zero-order chi connectivity index (χ0) is 39.4. The van der Waals surface area contributed by atoms with Gasteiger partial charge in [0, 0.05) is 0 Å². The standard InChI is InChI=1S/2C12H25.2C11H22O2S.Sn/c2*1-3-5-7-9-11-12-10-8-6-4-2;2*1-9(2)7-5-4-6-8-14-10(3)11(12)13;/h2*1,3-12H2,2H3;2*9-10H,4-8H2,1-3H3,(H,12,13);/q;;;;+2/p-2. The van der Waals surface area contributed by atoms with Crippen LogP contribution in [0.3, 0.4) is 0 Å². The summed E-state index contributed by atoms with van der Waals surface area (Å²) < 4.78 is 15.0. The molecule has 0 radical (unpaired) electrons. The predicted molar refractivity (Wildman–Crippen MR) is 242 cm³/mol. The quantitative estimate of drug-likeness (QED) is 0.0451. The van der Waals surface area contributed by atoms with Gasteiger partial charge in [-0.1, -0.05) is 0 Å². The van der Waals surface area contributed by atoms with Crippen LogP contribution in [0, 0.1) is 11.8 Å². The van der Waals surface area contributed by atoms with Crippen molar-refractivity contribution in [3.05, 3.63) is 0 Å². The summed E-state index contributed by atoms with van der Waals surface area (Å²) in [6, 6.07) is 0. The number of rotatable bonds is 40. The van der Waals surface area contributed by atoms with Gasteiger partial charge in [-0.15, -0.1) is 0 Å². The topological polar surface area (TPSA) is 52.6 Å². The van der Waals surface area contributed by atoms with Crippen molar-refractivity contribution < 1.29 is 15.7 Å². The first-order chi connectivity index (χ1) is 25.6. The van der Waals surface area contributed by atoms with Crippen molar-refractivity contribution in [2.45, 2.75) is 255 Å². The molecule has 0 aliphatic carbocycles. The van der Waals surface area contributed by atoms with E-state index in [1.807, 2.05) is 13.8 Å². The van der Waals surface area contributed by atoms with E-state index in [4.69, 9.17) is 6.15 Å². The molecule has 0 aromatic rings. The Morgan fingerprint density at radius 1 is 0.415 bits per heavy atom. The van der Waals surface area contributed by atoms with Crippen LogP contribution >= 0.6 is 23.5 Å².